The van der Waals surface area contributed by atoms with E-state index in [1.807, 2.05) is 85.8 Å². The van der Waals surface area contributed by atoms with Crippen LogP contribution in [0, 0.1) is 6.92 Å². The minimum absolute atomic E-state index is 0.317. The number of aryl methyl sites for hydroxylation is 1. The number of methoxy groups -OCH3 is 1. The average Bonchev–Trinajstić information content (AvgIpc) is 2.80. The second-order valence-electron chi connectivity index (χ2n) is 6.97. The average molecular weight is 398 g/mol. The molecule has 0 saturated carbocycles. The Morgan fingerprint density at radius 2 is 1.50 bits per heavy atom. The molecule has 0 saturated heterocycles. The molecule has 0 atom stereocenters. The summed E-state index contributed by atoms with van der Waals surface area (Å²) >= 11 is 0. The van der Waals surface area contributed by atoms with Crippen molar-refractivity contribution in [2.75, 3.05) is 13.7 Å². The summed E-state index contributed by atoms with van der Waals surface area (Å²) in [5, 5.41) is 1.90. The third-order valence-corrected chi connectivity index (χ3v) is 5.24. The van der Waals surface area contributed by atoms with Crippen LogP contribution in [0.5, 0.6) is 5.75 Å². The summed E-state index contributed by atoms with van der Waals surface area (Å²) in [6.07, 6.45) is 0. The molecule has 1 aromatic heterocycles. The molecule has 4 aromatic rings. The van der Waals surface area contributed by atoms with Crippen molar-refractivity contribution in [3.05, 3.63) is 90.1 Å². The molecule has 0 aliphatic rings. The molecule has 4 nitrogen and oxygen atoms in total. The highest BCUT2D eigenvalue weighted by Gasteiger charge is 2.31. The van der Waals surface area contributed by atoms with E-state index in [2.05, 4.69) is 11.5 Å². The zero-order valence-corrected chi connectivity index (χ0v) is 17.4. The van der Waals surface area contributed by atoms with Gasteiger partial charge in [-0.1, -0.05) is 36.4 Å². The van der Waals surface area contributed by atoms with Crippen LogP contribution in [-0.2, 0) is 4.74 Å². The van der Waals surface area contributed by atoms with Gasteiger partial charge in [0, 0.05) is 30.0 Å². The number of esters is 1. The molecule has 0 N–H and O–H groups in total. The van der Waals surface area contributed by atoms with Crippen LogP contribution in [0.3, 0.4) is 0 Å². The number of aromatic nitrogens is 1. The van der Waals surface area contributed by atoms with Gasteiger partial charge in [0.1, 0.15) is 11.3 Å². The maximum atomic E-state index is 13.2. The second kappa shape index (κ2) is 8.37. The number of fused-ring (bicyclic) bond motifs is 1. The molecular weight excluding hydrogens is 374 g/mol. The van der Waals surface area contributed by atoms with Crippen LogP contribution >= 0.6 is 0 Å². The van der Waals surface area contributed by atoms with Crippen LogP contribution in [0.25, 0.3) is 27.7 Å². The fourth-order valence-corrected chi connectivity index (χ4v) is 3.88. The first kappa shape index (κ1) is 19.6. The Bertz CT molecular complexity index is 1200. The Kier molecular flexibility index (Phi) is 5.48. The maximum absolute atomic E-state index is 13.2. The molecule has 150 valence electrons. The predicted molar refractivity (Wildman–Crippen MR) is 118 cm³/mol. The maximum Gasteiger partial charge on any atom is 0.345 e. The van der Waals surface area contributed by atoms with Crippen molar-refractivity contribution in [2.45, 2.75) is 13.8 Å². The highest BCUT2D eigenvalue weighted by atomic mass is 16.5. The summed E-state index contributed by atoms with van der Waals surface area (Å²) in [6, 6.07) is 25.8. The molecular formula is C26H24NO3+. The minimum atomic E-state index is -0.324. The van der Waals surface area contributed by atoms with Gasteiger partial charge in [-0.25, -0.2) is 4.79 Å². The van der Waals surface area contributed by atoms with Crippen molar-refractivity contribution in [3.8, 4) is 22.7 Å². The molecule has 30 heavy (non-hydrogen) atoms. The van der Waals surface area contributed by atoms with Gasteiger partial charge < -0.3 is 9.47 Å². The first-order valence-corrected chi connectivity index (χ1v) is 10.00. The lowest BCUT2D eigenvalue weighted by Crippen LogP contribution is -2.39. The fourth-order valence-electron chi connectivity index (χ4n) is 3.88. The van der Waals surface area contributed by atoms with Gasteiger partial charge in [-0.3, -0.25) is 0 Å². The Labute approximate surface area is 176 Å². The lowest BCUT2D eigenvalue weighted by molar-refractivity contribution is -0.589. The Hall–Kier alpha value is -3.66. The van der Waals surface area contributed by atoms with E-state index in [0.717, 1.165) is 39.2 Å². The molecule has 3 aromatic carbocycles. The zero-order valence-electron chi connectivity index (χ0n) is 17.4. The van der Waals surface area contributed by atoms with Gasteiger partial charge in [-0.05, 0) is 37.3 Å². The van der Waals surface area contributed by atoms with Gasteiger partial charge in [0.05, 0.1) is 19.1 Å². The lowest BCUT2D eigenvalue weighted by Gasteiger charge is -2.15. The van der Waals surface area contributed by atoms with Crippen molar-refractivity contribution in [2.24, 2.45) is 0 Å². The molecule has 1 heterocycles. The molecule has 0 spiro atoms. The first-order valence-electron chi connectivity index (χ1n) is 10.00. The topological polar surface area (TPSA) is 39.4 Å². The van der Waals surface area contributed by atoms with Crippen molar-refractivity contribution >= 4 is 16.7 Å². The molecule has 0 aliphatic heterocycles. The molecule has 4 heteroatoms. The van der Waals surface area contributed by atoms with E-state index < -0.39 is 0 Å². The number of carbonyl (C=O) groups excluding carboxylic acids is 1. The van der Waals surface area contributed by atoms with E-state index in [1.54, 1.807) is 7.11 Å². The number of pyridine rings is 1. The third kappa shape index (κ3) is 3.41. The summed E-state index contributed by atoms with van der Waals surface area (Å²) in [6.45, 7) is 4.22. The van der Waals surface area contributed by atoms with Gasteiger partial charge in [-0.15, -0.1) is 0 Å². The largest absolute Gasteiger partial charge is 0.497 e. The number of benzene rings is 3. The smallest absolute Gasteiger partial charge is 0.345 e. The number of hydrogen-bond donors (Lipinski definition) is 0. The van der Waals surface area contributed by atoms with Gasteiger partial charge >= 0.3 is 5.97 Å². The highest BCUT2D eigenvalue weighted by molar-refractivity contribution is 6.09. The summed E-state index contributed by atoms with van der Waals surface area (Å²) in [5.41, 5.74) is 4.33. The van der Waals surface area contributed by atoms with E-state index in [1.165, 1.54) is 0 Å². The van der Waals surface area contributed by atoms with Gasteiger partial charge in [-0.2, -0.15) is 4.57 Å². The number of ether oxygens (including phenoxy) is 2. The van der Waals surface area contributed by atoms with Crippen LogP contribution in [0.1, 0.15) is 23.0 Å². The first-order chi connectivity index (χ1) is 14.7. The minimum Gasteiger partial charge on any atom is -0.497 e. The number of hydrogen-bond acceptors (Lipinski definition) is 3. The van der Waals surface area contributed by atoms with Gasteiger partial charge in [0.15, 0.2) is 5.69 Å². The van der Waals surface area contributed by atoms with E-state index in [-0.39, 0.29) is 5.97 Å². The summed E-state index contributed by atoms with van der Waals surface area (Å²) in [4.78, 5) is 13.2. The number of rotatable bonds is 5. The van der Waals surface area contributed by atoms with Crippen molar-refractivity contribution in [3.63, 3.8) is 0 Å². The normalized spacial score (nSPS) is 10.8. The second-order valence-corrected chi connectivity index (χ2v) is 6.97. The SMILES string of the molecule is CCOC(=O)c1c(-c2ccccc2)[n+](-c2ccc(OC)cc2)c(C)c2ccccc12. The van der Waals surface area contributed by atoms with E-state index in [0.29, 0.717) is 12.2 Å². The Morgan fingerprint density at radius 1 is 0.867 bits per heavy atom. The van der Waals surface area contributed by atoms with Crippen molar-refractivity contribution in [1.29, 1.82) is 0 Å². The number of nitrogens with zero attached hydrogens (tertiary/aromatic N) is 1. The van der Waals surface area contributed by atoms with E-state index in [4.69, 9.17) is 9.47 Å². The monoisotopic (exact) mass is 398 g/mol. The van der Waals surface area contributed by atoms with Crippen LogP contribution in [0.15, 0.2) is 78.9 Å². The molecule has 0 fully saturated rings. The fraction of sp³-hybridized carbons (Fsp3) is 0.154. The van der Waals surface area contributed by atoms with E-state index in [9.17, 15) is 4.79 Å². The van der Waals surface area contributed by atoms with Crippen molar-refractivity contribution in [1.82, 2.24) is 0 Å². The summed E-state index contributed by atoms with van der Waals surface area (Å²) in [5.74, 6) is 0.458. The third-order valence-electron chi connectivity index (χ3n) is 5.24. The van der Waals surface area contributed by atoms with Gasteiger partial charge in [0.2, 0.25) is 11.4 Å². The highest BCUT2D eigenvalue weighted by Crippen LogP contribution is 2.31. The Balaban J connectivity index is 2.16. The lowest BCUT2D eigenvalue weighted by atomic mass is 9.96. The standard InChI is InChI=1S/C26H24NO3/c1-4-30-26(28)24-23-13-9-8-12-22(23)18(2)27(20-14-16-21(29-3)17-15-20)25(24)19-10-6-5-7-11-19/h5-17H,4H2,1-3H3/q+1. The molecule has 0 bridgehead atoms. The zero-order chi connectivity index (χ0) is 21.1. The van der Waals surface area contributed by atoms with E-state index >= 15 is 0 Å². The molecule has 0 unspecified atom stereocenters. The molecule has 0 aliphatic carbocycles. The van der Waals surface area contributed by atoms with Crippen molar-refractivity contribution < 1.29 is 18.8 Å². The van der Waals surface area contributed by atoms with Crippen LogP contribution in [-0.4, -0.2) is 19.7 Å². The van der Waals surface area contributed by atoms with Gasteiger partial charge in [0.25, 0.3) is 0 Å². The number of carbonyl (C=O) groups is 1. The molecule has 0 radical (unpaired) electrons. The predicted octanol–water partition coefficient (Wildman–Crippen LogP) is 5.28. The van der Waals surface area contributed by atoms with Crippen LogP contribution in [0.2, 0.25) is 0 Å². The quantitative estimate of drug-likeness (QED) is 0.339. The summed E-state index contributed by atoms with van der Waals surface area (Å²) in [7, 11) is 1.65. The molecule has 4 rings (SSSR count). The summed E-state index contributed by atoms with van der Waals surface area (Å²) < 4.78 is 13.0. The molecule has 0 amide bonds. The Morgan fingerprint density at radius 3 is 2.13 bits per heavy atom. The van der Waals surface area contributed by atoms with Crippen LogP contribution < -0.4 is 9.30 Å². The van der Waals surface area contributed by atoms with Crippen LogP contribution in [0.4, 0.5) is 0 Å².